The van der Waals surface area contributed by atoms with Crippen LogP contribution in [0.25, 0.3) is 15.9 Å². The van der Waals surface area contributed by atoms with Gasteiger partial charge in [-0.2, -0.15) is 5.10 Å². The van der Waals surface area contributed by atoms with Crippen LogP contribution in [0.1, 0.15) is 28.0 Å². The standard InChI is InChI=1S/C21H20N4O3S/c1-13-17-11-18(29-21(17)25(24-13)15-7-4-3-5-8-15)20(27)23-14(2)19(26)22-12-16-9-6-10-28-16/h3-11,14H,12H2,1-2H3,(H,22,26)(H,23,27). The van der Waals surface area contributed by atoms with Gasteiger partial charge in [0.25, 0.3) is 5.91 Å². The van der Waals surface area contributed by atoms with Crippen LogP contribution in [0.2, 0.25) is 0 Å². The molecule has 2 N–H and O–H groups in total. The van der Waals surface area contributed by atoms with E-state index in [0.29, 0.717) is 10.6 Å². The van der Waals surface area contributed by atoms with E-state index in [0.717, 1.165) is 21.6 Å². The topological polar surface area (TPSA) is 89.2 Å². The molecule has 0 aliphatic rings. The number of furan rings is 1. The molecule has 148 valence electrons. The molecule has 3 heterocycles. The third kappa shape index (κ3) is 3.93. The molecule has 0 spiro atoms. The molecule has 0 saturated carbocycles. The van der Waals surface area contributed by atoms with Gasteiger partial charge >= 0.3 is 0 Å². The zero-order valence-electron chi connectivity index (χ0n) is 16.0. The molecule has 2 amide bonds. The van der Waals surface area contributed by atoms with Gasteiger partial charge in [0.1, 0.15) is 16.6 Å². The van der Waals surface area contributed by atoms with Gasteiger partial charge in [-0.15, -0.1) is 11.3 Å². The summed E-state index contributed by atoms with van der Waals surface area (Å²) in [7, 11) is 0. The van der Waals surface area contributed by atoms with E-state index in [-0.39, 0.29) is 18.4 Å². The van der Waals surface area contributed by atoms with Crippen LogP contribution in [0, 0.1) is 6.92 Å². The second kappa shape index (κ2) is 7.92. The van der Waals surface area contributed by atoms with Crippen molar-refractivity contribution in [3.05, 3.63) is 71.1 Å². The van der Waals surface area contributed by atoms with Gasteiger partial charge in [0.15, 0.2) is 0 Å². The summed E-state index contributed by atoms with van der Waals surface area (Å²) in [6, 6.07) is 14.5. The Morgan fingerprint density at radius 2 is 2.00 bits per heavy atom. The first kappa shape index (κ1) is 18.9. The number of aryl methyl sites for hydroxylation is 1. The molecule has 4 aromatic rings. The van der Waals surface area contributed by atoms with Crippen molar-refractivity contribution in [3.63, 3.8) is 0 Å². The van der Waals surface area contributed by atoms with Crippen LogP contribution in [0.5, 0.6) is 0 Å². The van der Waals surface area contributed by atoms with Crippen molar-refractivity contribution >= 4 is 33.4 Å². The number of hydrogen-bond donors (Lipinski definition) is 2. The molecular formula is C21H20N4O3S. The zero-order chi connectivity index (χ0) is 20.4. The zero-order valence-corrected chi connectivity index (χ0v) is 16.8. The molecular weight excluding hydrogens is 388 g/mol. The average molecular weight is 408 g/mol. The number of fused-ring (bicyclic) bond motifs is 1. The van der Waals surface area contributed by atoms with E-state index in [2.05, 4.69) is 15.7 Å². The molecule has 0 saturated heterocycles. The smallest absolute Gasteiger partial charge is 0.262 e. The molecule has 0 fully saturated rings. The maximum absolute atomic E-state index is 12.7. The largest absolute Gasteiger partial charge is 0.467 e. The van der Waals surface area contributed by atoms with Crippen LogP contribution >= 0.6 is 11.3 Å². The molecule has 0 radical (unpaired) electrons. The number of carbonyl (C=O) groups is 2. The minimum absolute atomic E-state index is 0.275. The molecule has 1 aromatic carbocycles. The van der Waals surface area contributed by atoms with Gasteiger partial charge in [-0.25, -0.2) is 4.68 Å². The quantitative estimate of drug-likeness (QED) is 0.512. The van der Waals surface area contributed by atoms with Crippen LogP contribution < -0.4 is 10.6 Å². The lowest BCUT2D eigenvalue weighted by molar-refractivity contribution is -0.122. The Morgan fingerprint density at radius 1 is 1.21 bits per heavy atom. The van der Waals surface area contributed by atoms with E-state index in [1.54, 1.807) is 25.3 Å². The van der Waals surface area contributed by atoms with E-state index in [1.165, 1.54) is 11.3 Å². The maximum atomic E-state index is 12.7. The van der Waals surface area contributed by atoms with Crippen molar-refractivity contribution in [2.45, 2.75) is 26.4 Å². The summed E-state index contributed by atoms with van der Waals surface area (Å²) < 4.78 is 7.03. The molecule has 0 aliphatic carbocycles. The van der Waals surface area contributed by atoms with E-state index < -0.39 is 6.04 Å². The van der Waals surface area contributed by atoms with Crippen LogP contribution in [0.15, 0.2) is 59.2 Å². The molecule has 0 aliphatic heterocycles. The number of hydrogen-bond acceptors (Lipinski definition) is 5. The predicted octanol–water partition coefficient (Wildman–Crippen LogP) is 3.42. The lowest BCUT2D eigenvalue weighted by Crippen LogP contribution is -2.44. The van der Waals surface area contributed by atoms with Crippen molar-refractivity contribution in [1.29, 1.82) is 0 Å². The Kier molecular flexibility index (Phi) is 5.18. The van der Waals surface area contributed by atoms with Crippen LogP contribution in [-0.2, 0) is 11.3 Å². The summed E-state index contributed by atoms with van der Waals surface area (Å²) in [5.74, 6) is 0.0932. The first-order valence-electron chi connectivity index (χ1n) is 9.18. The Hall–Kier alpha value is -3.39. The van der Waals surface area contributed by atoms with Crippen molar-refractivity contribution in [2.75, 3.05) is 0 Å². The van der Waals surface area contributed by atoms with Crippen molar-refractivity contribution in [2.24, 2.45) is 0 Å². The fraction of sp³-hybridized carbons (Fsp3) is 0.190. The lowest BCUT2D eigenvalue weighted by atomic mass is 10.2. The second-order valence-electron chi connectivity index (χ2n) is 6.65. The molecule has 3 aromatic heterocycles. The number of para-hydroxylation sites is 1. The van der Waals surface area contributed by atoms with Crippen molar-refractivity contribution < 1.29 is 14.0 Å². The molecule has 29 heavy (non-hydrogen) atoms. The van der Waals surface area contributed by atoms with E-state index in [9.17, 15) is 9.59 Å². The van der Waals surface area contributed by atoms with Crippen molar-refractivity contribution in [1.82, 2.24) is 20.4 Å². The SMILES string of the molecule is Cc1nn(-c2ccccc2)c2sc(C(=O)NC(C)C(=O)NCc3ccco3)cc12. The Labute approximate surface area is 171 Å². The van der Waals surface area contributed by atoms with E-state index in [4.69, 9.17) is 4.42 Å². The summed E-state index contributed by atoms with van der Waals surface area (Å²) >= 11 is 1.35. The molecule has 0 bridgehead atoms. The average Bonchev–Trinajstić information content (AvgIpc) is 3.45. The highest BCUT2D eigenvalue weighted by molar-refractivity contribution is 7.20. The fourth-order valence-electron chi connectivity index (χ4n) is 2.98. The highest BCUT2D eigenvalue weighted by atomic mass is 32.1. The predicted molar refractivity (Wildman–Crippen MR) is 111 cm³/mol. The van der Waals surface area contributed by atoms with E-state index in [1.807, 2.05) is 48.0 Å². The summed E-state index contributed by atoms with van der Waals surface area (Å²) in [6.45, 7) is 3.85. The van der Waals surface area contributed by atoms with Gasteiger partial charge in [0, 0.05) is 5.39 Å². The third-order valence-corrected chi connectivity index (χ3v) is 5.64. The number of carbonyl (C=O) groups excluding carboxylic acids is 2. The Morgan fingerprint density at radius 3 is 2.72 bits per heavy atom. The highest BCUT2D eigenvalue weighted by Crippen LogP contribution is 2.30. The van der Waals surface area contributed by atoms with Crippen LogP contribution in [-0.4, -0.2) is 27.6 Å². The van der Waals surface area contributed by atoms with Crippen molar-refractivity contribution in [3.8, 4) is 5.69 Å². The van der Waals surface area contributed by atoms with Crippen LogP contribution in [0.3, 0.4) is 0 Å². The summed E-state index contributed by atoms with van der Waals surface area (Å²) in [5.41, 5.74) is 1.79. The van der Waals surface area contributed by atoms with Gasteiger partial charge in [-0.05, 0) is 44.2 Å². The monoisotopic (exact) mass is 408 g/mol. The first-order chi connectivity index (χ1) is 14.0. The Bertz CT molecular complexity index is 1150. The molecule has 4 rings (SSSR count). The van der Waals surface area contributed by atoms with E-state index >= 15 is 0 Å². The fourth-order valence-corrected chi connectivity index (χ4v) is 4.06. The van der Waals surface area contributed by atoms with Gasteiger partial charge in [-0.3, -0.25) is 9.59 Å². The number of thiophene rings is 1. The van der Waals surface area contributed by atoms with Crippen LogP contribution in [0.4, 0.5) is 0 Å². The number of aromatic nitrogens is 2. The molecule has 1 atom stereocenters. The summed E-state index contributed by atoms with van der Waals surface area (Å²) in [6.07, 6.45) is 1.55. The second-order valence-corrected chi connectivity index (χ2v) is 7.69. The molecule has 1 unspecified atom stereocenters. The number of nitrogens with one attached hydrogen (secondary N) is 2. The summed E-state index contributed by atoms with van der Waals surface area (Å²) in [5, 5.41) is 11.0. The first-order valence-corrected chi connectivity index (χ1v) is 10.00. The minimum Gasteiger partial charge on any atom is -0.467 e. The highest BCUT2D eigenvalue weighted by Gasteiger charge is 2.21. The van der Waals surface area contributed by atoms with Gasteiger partial charge in [-0.1, -0.05) is 18.2 Å². The number of amides is 2. The molecule has 7 nitrogen and oxygen atoms in total. The lowest BCUT2D eigenvalue weighted by Gasteiger charge is -2.13. The molecule has 8 heteroatoms. The number of nitrogens with zero attached hydrogens (tertiary/aromatic N) is 2. The number of rotatable bonds is 6. The number of benzene rings is 1. The van der Waals surface area contributed by atoms with Gasteiger partial charge < -0.3 is 15.1 Å². The maximum Gasteiger partial charge on any atom is 0.262 e. The summed E-state index contributed by atoms with van der Waals surface area (Å²) in [4.78, 5) is 26.4. The minimum atomic E-state index is -0.672. The van der Waals surface area contributed by atoms with Gasteiger partial charge in [0.05, 0.1) is 29.1 Å². The Balaban J connectivity index is 1.48. The third-order valence-electron chi connectivity index (χ3n) is 4.53. The van der Waals surface area contributed by atoms with Gasteiger partial charge in [0.2, 0.25) is 5.91 Å². The normalized spacial score (nSPS) is 12.1.